The molecule has 0 aromatic heterocycles. The number of ether oxygens (including phenoxy) is 1. The molecule has 1 heterocycles. The molecule has 3 rings (SSSR count). The Balaban J connectivity index is 2.34. The zero-order valence-electron chi connectivity index (χ0n) is 17.8. The zero-order chi connectivity index (χ0) is 21.8. The van der Waals surface area contributed by atoms with Crippen LogP contribution in [0.4, 0.5) is 5.69 Å². The lowest BCUT2D eigenvalue weighted by Crippen LogP contribution is -2.23. The third kappa shape index (κ3) is 4.30. The van der Waals surface area contributed by atoms with Gasteiger partial charge in [-0.05, 0) is 59.4 Å². The fourth-order valence-electron chi connectivity index (χ4n) is 3.71. The number of allylic oxidation sites excluding steroid dienone is 1. The second kappa shape index (κ2) is 8.99. The average Bonchev–Trinajstić information content (AvgIpc) is 2.76. The Morgan fingerprint density at radius 2 is 1.97 bits per heavy atom. The highest BCUT2D eigenvalue weighted by molar-refractivity contribution is 5.96. The molecule has 2 aromatic rings. The van der Waals surface area contributed by atoms with Crippen molar-refractivity contribution in [1.29, 1.82) is 0 Å². The first-order valence-electron chi connectivity index (χ1n) is 10.0. The van der Waals surface area contributed by atoms with E-state index < -0.39 is 5.97 Å². The molecule has 0 amide bonds. The minimum Gasteiger partial charge on any atom is -0.497 e. The largest absolute Gasteiger partial charge is 0.497 e. The minimum atomic E-state index is -0.971. The number of hydrogen-bond donors (Lipinski definition) is 1. The smallest absolute Gasteiger partial charge is 0.335 e. The molecule has 2 aromatic carbocycles. The summed E-state index contributed by atoms with van der Waals surface area (Å²) in [6.45, 7) is 4.67. The summed E-state index contributed by atoms with van der Waals surface area (Å²) in [4.78, 5) is 25.3. The Bertz CT molecular complexity index is 1040. The number of carboxylic acid groups (broad SMARTS) is 1. The lowest BCUT2D eigenvalue weighted by Gasteiger charge is -2.27. The van der Waals surface area contributed by atoms with Crippen molar-refractivity contribution >= 4 is 35.7 Å². The number of fused-ring (bicyclic) bond motifs is 2. The molecule has 5 nitrogen and oxygen atoms in total. The first-order valence-corrected chi connectivity index (χ1v) is 10.0. The van der Waals surface area contributed by atoms with Crippen LogP contribution in [-0.2, 0) is 4.79 Å². The fraction of sp³-hybridized carbons (Fsp3) is 0.280. The molecule has 1 atom stereocenters. The fourth-order valence-corrected chi connectivity index (χ4v) is 3.71. The van der Waals surface area contributed by atoms with E-state index in [1.54, 1.807) is 19.2 Å². The van der Waals surface area contributed by atoms with Gasteiger partial charge in [0, 0.05) is 30.4 Å². The Hall–Kier alpha value is -3.34. The van der Waals surface area contributed by atoms with Crippen LogP contribution in [0.25, 0.3) is 17.7 Å². The van der Waals surface area contributed by atoms with Crippen molar-refractivity contribution < 1.29 is 19.4 Å². The van der Waals surface area contributed by atoms with Crippen LogP contribution in [-0.4, -0.2) is 38.1 Å². The molecule has 0 saturated carbocycles. The predicted molar refractivity (Wildman–Crippen MR) is 121 cm³/mol. The van der Waals surface area contributed by atoms with Crippen molar-refractivity contribution in [3.63, 3.8) is 0 Å². The van der Waals surface area contributed by atoms with Crippen LogP contribution < -0.4 is 9.64 Å². The first-order chi connectivity index (χ1) is 14.4. The Kier molecular flexibility index (Phi) is 6.40. The molecule has 1 N–H and O–H groups in total. The molecule has 0 bridgehead atoms. The highest BCUT2D eigenvalue weighted by Gasteiger charge is 2.20. The van der Waals surface area contributed by atoms with Crippen LogP contribution in [0.3, 0.4) is 0 Å². The lowest BCUT2D eigenvalue weighted by atomic mass is 9.87. The van der Waals surface area contributed by atoms with E-state index in [9.17, 15) is 14.7 Å². The van der Waals surface area contributed by atoms with Gasteiger partial charge in [-0.1, -0.05) is 32.1 Å². The third-order valence-electron chi connectivity index (χ3n) is 5.63. The van der Waals surface area contributed by atoms with Crippen molar-refractivity contribution in [3.05, 3.63) is 64.2 Å². The second-order valence-corrected chi connectivity index (χ2v) is 7.63. The number of anilines is 1. The number of nitrogens with zero attached hydrogens (tertiary/aromatic N) is 1. The van der Waals surface area contributed by atoms with Crippen LogP contribution >= 0.6 is 0 Å². The number of benzene rings is 2. The van der Waals surface area contributed by atoms with Gasteiger partial charge in [-0.15, -0.1) is 0 Å². The first kappa shape index (κ1) is 21.4. The monoisotopic (exact) mass is 405 g/mol. The van der Waals surface area contributed by atoms with Gasteiger partial charge in [0.25, 0.3) is 0 Å². The summed E-state index contributed by atoms with van der Waals surface area (Å²) >= 11 is 0. The number of carbonyl (C=O) groups excluding carboxylic acids is 1. The summed E-state index contributed by atoms with van der Waals surface area (Å²) in [7, 11) is 3.50. The standard InChI is InChI=1S/C25H27NO4/c1-5-16(2)23-12-18-6-8-21(30-4)11-20(18)10-17(15-27)14-26(3)24-13-19(25(28)29)7-9-22(23)24/h6-13,15-16H,5,14H2,1-4H3,(H,28,29)/b17-10+,23-12+. The molecule has 0 fully saturated rings. The predicted octanol–water partition coefficient (Wildman–Crippen LogP) is 5.01. The lowest BCUT2D eigenvalue weighted by molar-refractivity contribution is -0.104. The van der Waals surface area contributed by atoms with Gasteiger partial charge in [-0.2, -0.15) is 0 Å². The van der Waals surface area contributed by atoms with Crippen LogP contribution in [0.15, 0.2) is 42.0 Å². The summed E-state index contributed by atoms with van der Waals surface area (Å²) in [5, 5.41) is 9.49. The third-order valence-corrected chi connectivity index (χ3v) is 5.63. The van der Waals surface area contributed by atoms with Gasteiger partial charge in [0.15, 0.2) is 0 Å². The molecule has 1 aliphatic rings. The van der Waals surface area contributed by atoms with E-state index in [2.05, 4.69) is 19.9 Å². The summed E-state index contributed by atoms with van der Waals surface area (Å²) in [5.41, 5.74) is 5.63. The van der Waals surface area contributed by atoms with Crippen LogP contribution in [0.5, 0.6) is 5.75 Å². The molecule has 0 saturated heterocycles. The zero-order valence-corrected chi connectivity index (χ0v) is 17.8. The minimum absolute atomic E-state index is 0.225. The van der Waals surface area contributed by atoms with Crippen molar-refractivity contribution in [2.75, 3.05) is 25.6 Å². The van der Waals surface area contributed by atoms with E-state index in [4.69, 9.17) is 4.74 Å². The molecule has 1 unspecified atom stereocenters. The Labute approximate surface area is 177 Å². The quantitative estimate of drug-likeness (QED) is 0.708. The summed E-state index contributed by atoms with van der Waals surface area (Å²) in [6.07, 6.45) is 5.80. The van der Waals surface area contributed by atoms with Gasteiger partial charge in [0.2, 0.25) is 0 Å². The molecule has 0 spiro atoms. The van der Waals surface area contributed by atoms with Gasteiger partial charge in [-0.3, -0.25) is 4.79 Å². The molecular formula is C25H27NO4. The van der Waals surface area contributed by atoms with Gasteiger partial charge in [0.05, 0.1) is 12.7 Å². The molecule has 0 aliphatic carbocycles. The van der Waals surface area contributed by atoms with Crippen LogP contribution in [0.1, 0.15) is 47.3 Å². The van der Waals surface area contributed by atoms with Gasteiger partial charge < -0.3 is 14.7 Å². The maximum atomic E-state index is 11.8. The number of likely N-dealkylation sites (N-methyl/N-ethyl adjacent to an activating group) is 1. The Morgan fingerprint density at radius 3 is 2.60 bits per heavy atom. The molecule has 0 radical (unpaired) electrons. The maximum absolute atomic E-state index is 11.8. The SMILES string of the molecule is CCC(C)/C1=C\c2ccc(OC)cc2/C=C(/C=O)CN(C)c2cc(C(=O)O)ccc21. The number of aldehydes is 1. The summed E-state index contributed by atoms with van der Waals surface area (Å²) < 4.78 is 5.38. The average molecular weight is 405 g/mol. The molecule has 30 heavy (non-hydrogen) atoms. The molecule has 156 valence electrons. The van der Waals surface area contributed by atoms with Gasteiger partial charge in [-0.25, -0.2) is 4.79 Å². The highest BCUT2D eigenvalue weighted by Crippen LogP contribution is 2.37. The van der Waals surface area contributed by atoms with E-state index in [1.807, 2.05) is 42.3 Å². The van der Waals surface area contributed by atoms with Crippen molar-refractivity contribution in [3.8, 4) is 5.75 Å². The van der Waals surface area contributed by atoms with Gasteiger partial charge >= 0.3 is 5.97 Å². The normalized spacial score (nSPS) is 18.1. The van der Waals surface area contributed by atoms with Crippen molar-refractivity contribution in [2.45, 2.75) is 20.3 Å². The van der Waals surface area contributed by atoms with Crippen molar-refractivity contribution in [1.82, 2.24) is 0 Å². The van der Waals surface area contributed by atoms with E-state index in [0.717, 1.165) is 46.4 Å². The number of hydrogen-bond acceptors (Lipinski definition) is 4. The highest BCUT2D eigenvalue weighted by atomic mass is 16.5. The number of rotatable bonds is 5. The van der Waals surface area contributed by atoms with E-state index in [1.165, 1.54) is 0 Å². The Morgan fingerprint density at radius 1 is 1.20 bits per heavy atom. The van der Waals surface area contributed by atoms with E-state index in [0.29, 0.717) is 12.1 Å². The number of aromatic carboxylic acids is 1. The van der Waals surface area contributed by atoms with Gasteiger partial charge in [0.1, 0.15) is 12.0 Å². The summed E-state index contributed by atoms with van der Waals surface area (Å²) in [6, 6.07) is 11.0. The molecule has 5 heteroatoms. The number of carbonyl (C=O) groups is 2. The van der Waals surface area contributed by atoms with Crippen LogP contribution in [0.2, 0.25) is 0 Å². The second-order valence-electron chi connectivity index (χ2n) is 7.63. The maximum Gasteiger partial charge on any atom is 0.335 e. The van der Waals surface area contributed by atoms with Crippen LogP contribution in [0, 0.1) is 5.92 Å². The number of methoxy groups -OCH3 is 1. The van der Waals surface area contributed by atoms with Crippen molar-refractivity contribution in [2.24, 2.45) is 5.92 Å². The molecular weight excluding hydrogens is 378 g/mol. The number of carboxylic acids is 1. The van der Waals surface area contributed by atoms with E-state index >= 15 is 0 Å². The summed E-state index contributed by atoms with van der Waals surface area (Å²) in [5.74, 6) is 0.0170. The molecule has 1 aliphatic heterocycles. The topological polar surface area (TPSA) is 66.8 Å². The van der Waals surface area contributed by atoms with E-state index in [-0.39, 0.29) is 11.5 Å².